The number of pyridine rings is 1. The summed E-state index contributed by atoms with van der Waals surface area (Å²) in [5.74, 6) is -2.87. The lowest BCUT2D eigenvalue weighted by molar-refractivity contribution is -0.127. The van der Waals surface area contributed by atoms with Gasteiger partial charge in [-0.15, -0.1) is 0 Å². The van der Waals surface area contributed by atoms with Crippen LogP contribution in [0.3, 0.4) is 0 Å². The Hall–Kier alpha value is -3.35. The summed E-state index contributed by atoms with van der Waals surface area (Å²) in [7, 11) is 0. The zero-order chi connectivity index (χ0) is 19.4. The quantitative estimate of drug-likeness (QED) is 0.699. The third-order valence-electron chi connectivity index (χ3n) is 4.11. The van der Waals surface area contributed by atoms with E-state index >= 15 is 0 Å². The molecule has 1 atom stereocenters. The maximum atomic E-state index is 13.7. The number of nitrogens with one attached hydrogen (secondary N) is 1. The number of aromatic nitrogens is 1. The second kappa shape index (κ2) is 7.90. The van der Waals surface area contributed by atoms with Gasteiger partial charge < -0.3 is 11.1 Å². The van der Waals surface area contributed by atoms with Crippen LogP contribution in [0.25, 0.3) is 10.9 Å². The van der Waals surface area contributed by atoms with E-state index in [1.807, 2.05) is 30.3 Å². The molecule has 27 heavy (non-hydrogen) atoms. The largest absolute Gasteiger partial charge is 0.368 e. The van der Waals surface area contributed by atoms with Crippen LogP contribution >= 0.6 is 0 Å². The van der Waals surface area contributed by atoms with Crippen LogP contribution in [0.1, 0.15) is 11.3 Å². The molecule has 0 bridgehead atoms. The Morgan fingerprint density at radius 2 is 1.85 bits per heavy atom. The van der Waals surface area contributed by atoms with Crippen LogP contribution < -0.4 is 11.1 Å². The second-order valence-electron chi connectivity index (χ2n) is 6.13. The number of nitrogens with two attached hydrogens (primary N) is 1. The first kappa shape index (κ1) is 18.4. The van der Waals surface area contributed by atoms with E-state index in [9.17, 15) is 18.4 Å². The zero-order valence-corrected chi connectivity index (χ0v) is 14.3. The molecule has 0 fully saturated rings. The summed E-state index contributed by atoms with van der Waals surface area (Å²) in [5, 5.41) is 3.44. The molecule has 0 saturated carbocycles. The van der Waals surface area contributed by atoms with Crippen LogP contribution in [-0.4, -0.2) is 22.8 Å². The Morgan fingerprint density at radius 1 is 1.07 bits per heavy atom. The Morgan fingerprint density at radius 3 is 2.59 bits per heavy atom. The Bertz CT molecular complexity index is 1010. The predicted octanol–water partition coefficient (Wildman–Crippen LogP) is 2.27. The van der Waals surface area contributed by atoms with Gasteiger partial charge in [0.2, 0.25) is 11.8 Å². The number of amides is 2. The maximum Gasteiger partial charge on any atom is 0.240 e. The molecule has 138 valence electrons. The van der Waals surface area contributed by atoms with E-state index in [1.54, 1.807) is 6.07 Å². The fraction of sp³-hybridized carbons (Fsp3) is 0.150. The SMILES string of the molecule is NC(=O)[C@@H](Cc1ccc2ccccc2n1)NC(=O)Cc1ccc(F)cc1F. The van der Waals surface area contributed by atoms with Crippen molar-refractivity contribution in [1.29, 1.82) is 0 Å². The van der Waals surface area contributed by atoms with E-state index in [4.69, 9.17) is 5.73 Å². The summed E-state index contributed by atoms with van der Waals surface area (Å²) >= 11 is 0. The van der Waals surface area contributed by atoms with Gasteiger partial charge in [-0.3, -0.25) is 14.6 Å². The smallest absolute Gasteiger partial charge is 0.240 e. The molecule has 7 heteroatoms. The molecule has 0 spiro atoms. The lowest BCUT2D eigenvalue weighted by Gasteiger charge is -2.15. The molecule has 5 nitrogen and oxygen atoms in total. The van der Waals surface area contributed by atoms with Crippen molar-refractivity contribution in [2.75, 3.05) is 0 Å². The Kier molecular flexibility index (Phi) is 5.40. The number of hydrogen-bond donors (Lipinski definition) is 2. The maximum absolute atomic E-state index is 13.7. The van der Waals surface area contributed by atoms with Crippen LogP contribution in [0, 0.1) is 11.6 Å². The highest BCUT2D eigenvalue weighted by Gasteiger charge is 2.20. The van der Waals surface area contributed by atoms with Crippen LogP contribution in [-0.2, 0) is 22.4 Å². The van der Waals surface area contributed by atoms with E-state index in [-0.39, 0.29) is 18.4 Å². The predicted molar refractivity (Wildman–Crippen MR) is 96.6 cm³/mol. The van der Waals surface area contributed by atoms with Gasteiger partial charge in [-0.1, -0.05) is 30.3 Å². The third kappa shape index (κ3) is 4.63. The Balaban J connectivity index is 1.71. The molecule has 0 aliphatic rings. The molecule has 3 N–H and O–H groups in total. The number of benzene rings is 2. The third-order valence-corrected chi connectivity index (χ3v) is 4.11. The monoisotopic (exact) mass is 369 g/mol. The standard InChI is InChI=1S/C20H17F2N3O2/c21-14-7-5-13(16(22)10-14)9-19(26)25-18(20(23)27)11-15-8-6-12-3-1-2-4-17(12)24-15/h1-8,10,18H,9,11H2,(H2,23,27)(H,25,26)/t18-/m1/s1. The molecule has 1 aromatic heterocycles. The highest BCUT2D eigenvalue weighted by molar-refractivity contribution is 5.87. The van der Waals surface area contributed by atoms with Crippen molar-refractivity contribution in [2.24, 2.45) is 5.73 Å². The van der Waals surface area contributed by atoms with E-state index in [0.29, 0.717) is 11.8 Å². The first-order valence-corrected chi connectivity index (χ1v) is 8.29. The summed E-state index contributed by atoms with van der Waals surface area (Å²) in [5.41, 5.74) is 6.76. The topological polar surface area (TPSA) is 85.1 Å². The average molecular weight is 369 g/mol. The van der Waals surface area contributed by atoms with Gasteiger partial charge in [0.05, 0.1) is 11.9 Å². The molecule has 0 unspecified atom stereocenters. The highest BCUT2D eigenvalue weighted by Crippen LogP contribution is 2.13. The summed E-state index contributed by atoms with van der Waals surface area (Å²) in [6.07, 6.45) is -0.223. The number of primary amides is 1. The molecular weight excluding hydrogens is 352 g/mol. The molecule has 1 heterocycles. The van der Waals surface area contributed by atoms with Gasteiger partial charge in [-0.2, -0.15) is 0 Å². The molecule has 2 amide bonds. The average Bonchev–Trinajstić information content (AvgIpc) is 2.63. The number of carbonyl (C=O) groups excluding carboxylic acids is 2. The van der Waals surface area contributed by atoms with Gasteiger partial charge in [0.1, 0.15) is 17.7 Å². The van der Waals surface area contributed by atoms with Gasteiger partial charge in [-0.05, 0) is 23.8 Å². The molecule has 2 aromatic carbocycles. The minimum absolute atomic E-state index is 0.0287. The number of fused-ring (bicyclic) bond motifs is 1. The van der Waals surface area contributed by atoms with Crippen molar-refractivity contribution in [3.63, 3.8) is 0 Å². The summed E-state index contributed by atoms with van der Waals surface area (Å²) in [4.78, 5) is 28.3. The molecule has 0 aliphatic carbocycles. The molecule has 0 radical (unpaired) electrons. The zero-order valence-electron chi connectivity index (χ0n) is 14.3. The molecule has 0 saturated heterocycles. The number of hydrogen-bond acceptors (Lipinski definition) is 3. The van der Waals surface area contributed by atoms with Crippen molar-refractivity contribution in [1.82, 2.24) is 10.3 Å². The molecule has 0 aliphatic heterocycles. The number of halogens is 2. The van der Waals surface area contributed by atoms with Gasteiger partial charge in [0.25, 0.3) is 0 Å². The first-order chi connectivity index (χ1) is 12.9. The summed E-state index contributed by atoms with van der Waals surface area (Å²) in [6, 6.07) is 13.1. The minimum Gasteiger partial charge on any atom is -0.368 e. The van der Waals surface area contributed by atoms with Crippen LogP contribution in [0.2, 0.25) is 0 Å². The number of para-hydroxylation sites is 1. The summed E-state index contributed by atoms with van der Waals surface area (Å²) < 4.78 is 26.6. The fourth-order valence-corrected chi connectivity index (χ4v) is 2.74. The number of carbonyl (C=O) groups is 2. The van der Waals surface area contributed by atoms with E-state index in [2.05, 4.69) is 10.3 Å². The van der Waals surface area contributed by atoms with Crippen molar-refractivity contribution < 1.29 is 18.4 Å². The molecule has 3 aromatic rings. The van der Waals surface area contributed by atoms with Gasteiger partial charge in [0.15, 0.2) is 0 Å². The van der Waals surface area contributed by atoms with Crippen molar-refractivity contribution in [2.45, 2.75) is 18.9 Å². The van der Waals surface area contributed by atoms with Gasteiger partial charge in [0, 0.05) is 23.6 Å². The lowest BCUT2D eigenvalue weighted by Crippen LogP contribution is -2.46. The van der Waals surface area contributed by atoms with Crippen LogP contribution in [0.5, 0.6) is 0 Å². The lowest BCUT2D eigenvalue weighted by atomic mass is 10.1. The number of nitrogens with zero attached hydrogens (tertiary/aromatic N) is 1. The number of rotatable bonds is 6. The minimum atomic E-state index is -0.991. The van der Waals surface area contributed by atoms with Gasteiger partial charge in [-0.25, -0.2) is 8.78 Å². The normalized spacial score (nSPS) is 11.9. The van der Waals surface area contributed by atoms with Crippen molar-refractivity contribution in [3.8, 4) is 0 Å². The molecular formula is C20H17F2N3O2. The van der Waals surface area contributed by atoms with Gasteiger partial charge >= 0.3 is 0 Å². The first-order valence-electron chi connectivity index (χ1n) is 8.29. The second-order valence-corrected chi connectivity index (χ2v) is 6.13. The van der Waals surface area contributed by atoms with Crippen molar-refractivity contribution in [3.05, 3.63) is 77.5 Å². The van der Waals surface area contributed by atoms with Crippen molar-refractivity contribution >= 4 is 22.7 Å². The fourth-order valence-electron chi connectivity index (χ4n) is 2.74. The van der Waals surface area contributed by atoms with Crippen LogP contribution in [0.15, 0.2) is 54.6 Å². The van der Waals surface area contributed by atoms with Crippen LogP contribution in [0.4, 0.5) is 8.78 Å². The summed E-state index contributed by atoms with van der Waals surface area (Å²) in [6.45, 7) is 0. The molecule has 3 rings (SSSR count). The highest BCUT2D eigenvalue weighted by atomic mass is 19.1. The Labute approximate surface area is 154 Å². The van der Waals surface area contributed by atoms with E-state index in [0.717, 1.165) is 17.0 Å². The van der Waals surface area contributed by atoms with E-state index in [1.165, 1.54) is 6.07 Å². The van der Waals surface area contributed by atoms with E-state index < -0.39 is 29.5 Å².